The first-order valence-corrected chi connectivity index (χ1v) is 7.62. The number of aromatic nitrogens is 1. The van der Waals surface area contributed by atoms with Crippen LogP contribution in [0.5, 0.6) is 0 Å². The van der Waals surface area contributed by atoms with E-state index in [0.717, 1.165) is 10.2 Å². The van der Waals surface area contributed by atoms with Crippen molar-refractivity contribution in [2.24, 2.45) is 0 Å². The second kappa shape index (κ2) is 6.18. The first-order valence-electron chi connectivity index (χ1n) is 6.80. The average molecular weight is 327 g/mol. The fourth-order valence-corrected chi connectivity index (χ4v) is 3.29. The molecule has 3 aromatic rings. The van der Waals surface area contributed by atoms with Crippen molar-refractivity contribution in [1.82, 2.24) is 4.98 Å². The summed E-state index contributed by atoms with van der Waals surface area (Å²) in [6.07, 6.45) is 0. The standard InChI is InChI=1S/C17H13NO4S/c1-21-16(19)10-7-8-13-14(9-10)23-15(18-13)11-5-3-4-6-12(11)17(20)22-2/h3-9H,1-2H3. The predicted octanol–water partition coefficient (Wildman–Crippen LogP) is 3.54. The number of rotatable bonds is 3. The number of carbonyl (C=O) groups excluding carboxylic acids is 2. The van der Waals surface area contributed by atoms with E-state index in [-0.39, 0.29) is 0 Å². The molecule has 1 aromatic heterocycles. The summed E-state index contributed by atoms with van der Waals surface area (Å²) < 4.78 is 10.4. The van der Waals surface area contributed by atoms with E-state index >= 15 is 0 Å². The van der Waals surface area contributed by atoms with E-state index in [1.165, 1.54) is 25.6 Å². The third-order valence-corrected chi connectivity index (χ3v) is 4.42. The molecule has 0 fully saturated rings. The molecule has 0 aliphatic carbocycles. The van der Waals surface area contributed by atoms with E-state index in [9.17, 15) is 9.59 Å². The Morgan fingerprint density at radius 2 is 1.74 bits per heavy atom. The second-order valence-corrected chi connectivity index (χ2v) is 5.76. The highest BCUT2D eigenvalue weighted by molar-refractivity contribution is 7.21. The number of thiazole rings is 1. The van der Waals surface area contributed by atoms with Gasteiger partial charge in [0, 0.05) is 5.56 Å². The number of esters is 2. The molecule has 3 rings (SSSR count). The van der Waals surface area contributed by atoms with Crippen molar-refractivity contribution in [2.45, 2.75) is 0 Å². The normalized spacial score (nSPS) is 10.5. The van der Waals surface area contributed by atoms with Gasteiger partial charge in [-0.3, -0.25) is 0 Å². The van der Waals surface area contributed by atoms with Crippen LogP contribution < -0.4 is 0 Å². The summed E-state index contributed by atoms with van der Waals surface area (Å²) in [4.78, 5) is 28.1. The zero-order chi connectivity index (χ0) is 16.4. The van der Waals surface area contributed by atoms with Gasteiger partial charge in [0.15, 0.2) is 0 Å². The highest BCUT2D eigenvalue weighted by Gasteiger charge is 2.16. The summed E-state index contributed by atoms with van der Waals surface area (Å²) in [5.74, 6) is -0.799. The van der Waals surface area contributed by atoms with Crippen LogP contribution in [0.1, 0.15) is 20.7 Å². The maximum absolute atomic E-state index is 11.9. The van der Waals surface area contributed by atoms with E-state index in [0.29, 0.717) is 21.7 Å². The molecule has 1 heterocycles. The average Bonchev–Trinajstić information content (AvgIpc) is 3.03. The Labute approximate surface area is 136 Å². The van der Waals surface area contributed by atoms with Crippen molar-refractivity contribution in [3.8, 4) is 10.6 Å². The maximum atomic E-state index is 11.9. The Balaban J connectivity index is 2.11. The lowest BCUT2D eigenvalue weighted by Crippen LogP contribution is -2.02. The molecule has 6 heteroatoms. The fraction of sp³-hybridized carbons (Fsp3) is 0.118. The highest BCUT2D eigenvalue weighted by Crippen LogP contribution is 2.33. The third kappa shape index (κ3) is 2.80. The molecule has 0 aliphatic heterocycles. The van der Waals surface area contributed by atoms with Crippen molar-refractivity contribution in [3.05, 3.63) is 53.6 Å². The van der Waals surface area contributed by atoms with Crippen LogP contribution in [0.25, 0.3) is 20.8 Å². The molecule has 0 saturated heterocycles. The molecule has 0 aliphatic rings. The zero-order valence-electron chi connectivity index (χ0n) is 12.5. The SMILES string of the molecule is COC(=O)c1ccc2nc(-c3ccccc3C(=O)OC)sc2c1. The van der Waals surface area contributed by atoms with E-state index in [4.69, 9.17) is 9.47 Å². The Hall–Kier alpha value is -2.73. The van der Waals surface area contributed by atoms with Crippen LogP contribution in [0.4, 0.5) is 0 Å². The van der Waals surface area contributed by atoms with Crippen molar-refractivity contribution in [2.75, 3.05) is 14.2 Å². The Morgan fingerprint density at radius 1 is 1.00 bits per heavy atom. The van der Waals surface area contributed by atoms with Crippen LogP contribution in [-0.2, 0) is 9.47 Å². The molecule has 0 saturated carbocycles. The second-order valence-electron chi connectivity index (χ2n) is 4.73. The molecule has 0 N–H and O–H groups in total. The molecule has 2 aromatic carbocycles. The lowest BCUT2D eigenvalue weighted by molar-refractivity contribution is 0.0592. The summed E-state index contributed by atoms with van der Waals surface area (Å²) in [5.41, 5.74) is 2.40. The first-order chi connectivity index (χ1) is 11.1. The van der Waals surface area contributed by atoms with Crippen molar-refractivity contribution >= 4 is 33.5 Å². The van der Waals surface area contributed by atoms with Gasteiger partial charge in [0.1, 0.15) is 5.01 Å². The van der Waals surface area contributed by atoms with Gasteiger partial charge >= 0.3 is 11.9 Å². The van der Waals surface area contributed by atoms with Crippen LogP contribution in [-0.4, -0.2) is 31.1 Å². The molecule has 116 valence electrons. The summed E-state index contributed by atoms with van der Waals surface area (Å²) >= 11 is 1.41. The predicted molar refractivity (Wildman–Crippen MR) is 87.7 cm³/mol. The number of hydrogen-bond acceptors (Lipinski definition) is 6. The number of carbonyl (C=O) groups is 2. The molecule has 23 heavy (non-hydrogen) atoms. The summed E-state index contributed by atoms with van der Waals surface area (Å²) in [5, 5.41) is 0.697. The van der Waals surface area contributed by atoms with Crippen LogP contribution in [0, 0.1) is 0 Å². The number of benzene rings is 2. The number of methoxy groups -OCH3 is 2. The van der Waals surface area contributed by atoms with Gasteiger partial charge in [-0.25, -0.2) is 14.6 Å². The maximum Gasteiger partial charge on any atom is 0.338 e. The summed E-state index contributed by atoms with van der Waals surface area (Å²) in [6.45, 7) is 0. The molecule has 0 bridgehead atoms. The van der Waals surface area contributed by atoms with Crippen molar-refractivity contribution < 1.29 is 19.1 Å². The van der Waals surface area contributed by atoms with Gasteiger partial charge in [-0.1, -0.05) is 18.2 Å². The minimum atomic E-state index is -0.407. The monoisotopic (exact) mass is 327 g/mol. The molecule has 0 atom stereocenters. The van der Waals surface area contributed by atoms with Gasteiger partial charge in [-0.15, -0.1) is 11.3 Å². The van der Waals surface area contributed by atoms with Gasteiger partial charge in [-0.05, 0) is 24.3 Å². The summed E-state index contributed by atoms with van der Waals surface area (Å²) in [7, 11) is 2.69. The zero-order valence-corrected chi connectivity index (χ0v) is 13.3. The Kier molecular flexibility index (Phi) is 4.08. The van der Waals surface area contributed by atoms with E-state index in [2.05, 4.69) is 4.98 Å². The molecule has 5 nitrogen and oxygen atoms in total. The smallest absolute Gasteiger partial charge is 0.338 e. The molecule has 0 unspecified atom stereocenters. The molecule has 0 spiro atoms. The molecular formula is C17H13NO4S. The molecule has 0 radical (unpaired) electrons. The van der Waals surface area contributed by atoms with Crippen LogP contribution in [0.3, 0.4) is 0 Å². The number of nitrogens with zero attached hydrogens (tertiary/aromatic N) is 1. The first kappa shape index (κ1) is 15.2. The minimum absolute atomic E-state index is 0.392. The molecular weight excluding hydrogens is 314 g/mol. The van der Waals surface area contributed by atoms with Gasteiger partial charge in [0.05, 0.1) is 35.6 Å². The number of ether oxygens (including phenoxy) is 2. The quantitative estimate of drug-likeness (QED) is 0.688. The van der Waals surface area contributed by atoms with E-state index < -0.39 is 11.9 Å². The van der Waals surface area contributed by atoms with E-state index in [1.54, 1.807) is 30.3 Å². The lowest BCUT2D eigenvalue weighted by atomic mass is 10.1. The summed E-state index contributed by atoms with van der Waals surface area (Å²) in [6, 6.07) is 12.3. The Bertz CT molecular complexity index is 900. The van der Waals surface area contributed by atoms with Gasteiger partial charge in [0.2, 0.25) is 0 Å². The number of hydrogen-bond donors (Lipinski definition) is 0. The largest absolute Gasteiger partial charge is 0.465 e. The van der Waals surface area contributed by atoms with Gasteiger partial charge in [-0.2, -0.15) is 0 Å². The lowest BCUT2D eigenvalue weighted by Gasteiger charge is -2.04. The minimum Gasteiger partial charge on any atom is -0.465 e. The third-order valence-electron chi connectivity index (χ3n) is 3.37. The number of fused-ring (bicyclic) bond motifs is 1. The highest BCUT2D eigenvalue weighted by atomic mass is 32.1. The van der Waals surface area contributed by atoms with Crippen LogP contribution >= 0.6 is 11.3 Å². The topological polar surface area (TPSA) is 65.5 Å². The van der Waals surface area contributed by atoms with Gasteiger partial charge < -0.3 is 9.47 Å². The van der Waals surface area contributed by atoms with Crippen molar-refractivity contribution in [3.63, 3.8) is 0 Å². The Morgan fingerprint density at radius 3 is 2.48 bits per heavy atom. The van der Waals surface area contributed by atoms with E-state index in [1.807, 2.05) is 12.1 Å². The molecule has 0 amide bonds. The van der Waals surface area contributed by atoms with Crippen LogP contribution in [0.2, 0.25) is 0 Å². The van der Waals surface area contributed by atoms with Crippen LogP contribution in [0.15, 0.2) is 42.5 Å². The fourth-order valence-electron chi connectivity index (χ4n) is 2.24. The van der Waals surface area contributed by atoms with Crippen molar-refractivity contribution in [1.29, 1.82) is 0 Å². The van der Waals surface area contributed by atoms with Gasteiger partial charge in [0.25, 0.3) is 0 Å².